The van der Waals surface area contributed by atoms with E-state index < -0.39 is 10.0 Å². The van der Waals surface area contributed by atoms with Crippen molar-refractivity contribution < 1.29 is 13.2 Å². The van der Waals surface area contributed by atoms with Crippen LogP contribution in [-0.4, -0.2) is 27.8 Å². The largest absolute Gasteiger partial charge is 0.489 e. The van der Waals surface area contributed by atoms with Crippen molar-refractivity contribution >= 4 is 15.7 Å². The predicted molar refractivity (Wildman–Crippen MR) is 70.2 cm³/mol. The number of anilines is 1. The first-order valence-electron chi connectivity index (χ1n) is 5.69. The summed E-state index contributed by atoms with van der Waals surface area (Å²) in [6, 6.07) is 5.54. The number of sulfonamides is 1. The minimum Gasteiger partial charge on any atom is -0.489 e. The Morgan fingerprint density at radius 1 is 1.29 bits per heavy atom. The van der Waals surface area contributed by atoms with Gasteiger partial charge in [0.25, 0.3) is 0 Å². The van der Waals surface area contributed by atoms with E-state index in [1.54, 1.807) is 0 Å². The zero-order valence-corrected chi connectivity index (χ0v) is 11.5. The van der Waals surface area contributed by atoms with Gasteiger partial charge in [0.15, 0.2) is 0 Å². The van der Waals surface area contributed by atoms with Gasteiger partial charge in [-0.3, -0.25) is 4.31 Å². The lowest BCUT2D eigenvalue weighted by molar-refractivity contribution is 0.316. The molecule has 96 valence electrons. The van der Waals surface area contributed by atoms with E-state index >= 15 is 0 Å². The number of nitrogens with zero attached hydrogens (tertiary/aromatic N) is 1. The van der Waals surface area contributed by atoms with Crippen LogP contribution in [0.25, 0.3) is 0 Å². The Kier molecular flexibility index (Phi) is 4.40. The average molecular weight is 257 g/mol. The molecule has 1 aliphatic rings. The van der Waals surface area contributed by atoms with Gasteiger partial charge in [0.05, 0.1) is 18.5 Å². The van der Waals surface area contributed by atoms with Crippen LogP contribution in [0.15, 0.2) is 18.2 Å². The molecular weight excluding hydrogens is 238 g/mol. The summed E-state index contributed by atoms with van der Waals surface area (Å²) >= 11 is 0. The smallest absolute Gasteiger partial charge is 0.232 e. The molecule has 0 aromatic heterocycles. The molecule has 0 unspecified atom stereocenters. The Balaban J connectivity index is 0.000000686. The fraction of sp³-hybridized carbons (Fsp3) is 0.500. The van der Waals surface area contributed by atoms with Crippen LogP contribution >= 0.6 is 0 Å². The molecule has 1 aromatic carbocycles. The topological polar surface area (TPSA) is 46.6 Å². The minimum atomic E-state index is -3.20. The van der Waals surface area contributed by atoms with Gasteiger partial charge in [0.2, 0.25) is 10.0 Å². The van der Waals surface area contributed by atoms with Gasteiger partial charge in [-0.25, -0.2) is 8.42 Å². The van der Waals surface area contributed by atoms with Crippen LogP contribution in [0.5, 0.6) is 5.75 Å². The van der Waals surface area contributed by atoms with E-state index in [9.17, 15) is 8.42 Å². The molecule has 5 heteroatoms. The van der Waals surface area contributed by atoms with Crippen LogP contribution in [0.4, 0.5) is 5.69 Å². The predicted octanol–water partition coefficient (Wildman–Crippen LogP) is 2.18. The fourth-order valence-electron chi connectivity index (χ4n) is 1.65. The van der Waals surface area contributed by atoms with Crippen molar-refractivity contribution in [1.82, 2.24) is 0 Å². The number of rotatable bonds is 1. The molecule has 0 radical (unpaired) electrons. The number of hydrogen-bond donors (Lipinski definition) is 0. The third kappa shape index (κ3) is 3.12. The highest BCUT2D eigenvalue weighted by molar-refractivity contribution is 7.92. The zero-order chi connectivity index (χ0) is 13.1. The molecule has 1 aliphatic heterocycles. The lowest BCUT2D eigenvalue weighted by Gasteiger charge is -2.29. The number of hydrogen-bond acceptors (Lipinski definition) is 3. The molecule has 2 rings (SSSR count). The van der Waals surface area contributed by atoms with Crippen molar-refractivity contribution in [3.05, 3.63) is 23.8 Å². The van der Waals surface area contributed by atoms with E-state index in [1.165, 1.54) is 10.6 Å². The summed E-state index contributed by atoms with van der Waals surface area (Å²) < 4.78 is 29.8. The standard InChI is InChI=1S/C10H13NO3S.C2H6/c1-8-3-4-10-9(7-8)11(5-6-14-10)15(2,12)13;1-2/h3-4,7H,5-6H2,1-2H3;1-2H3. The van der Waals surface area contributed by atoms with E-state index in [4.69, 9.17) is 4.74 Å². The van der Waals surface area contributed by atoms with Crippen LogP contribution in [-0.2, 0) is 10.0 Å². The Morgan fingerprint density at radius 2 is 1.94 bits per heavy atom. The highest BCUT2D eigenvalue weighted by Gasteiger charge is 2.24. The van der Waals surface area contributed by atoms with E-state index in [0.29, 0.717) is 24.6 Å². The van der Waals surface area contributed by atoms with Gasteiger partial charge in [0, 0.05) is 0 Å². The van der Waals surface area contributed by atoms with E-state index in [0.717, 1.165) is 5.56 Å². The van der Waals surface area contributed by atoms with Crippen molar-refractivity contribution in [2.24, 2.45) is 0 Å². The van der Waals surface area contributed by atoms with E-state index in [1.807, 2.05) is 39.0 Å². The van der Waals surface area contributed by atoms with Gasteiger partial charge >= 0.3 is 0 Å². The molecule has 0 fully saturated rings. The molecule has 4 nitrogen and oxygen atoms in total. The summed E-state index contributed by atoms with van der Waals surface area (Å²) in [5.74, 6) is 0.636. The molecule has 0 bridgehead atoms. The summed E-state index contributed by atoms with van der Waals surface area (Å²) in [6.45, 7) is 6.72. The SMILES string of the molecule is CC.Cc1ccc2c(c1)N(S(C)(=O)=O)CCO2. The first kappa shape index (κ1) is 13.8. The molecular formula is C12H19NO3S. The highest BCUT2D eigenvalue weighted by Crippen LogP contribution is 2.33. The molecule has 17 heavy (non-hydrogen) atoms. The lowest BCUT2D eigenvalue weighted by atomic mass is 10.2. The summed E-state index contributed by atoms with van der Waals surface area (Å²) in [5, 5.41) is 0. The van der Waals surface area contributed by atoms with Crippen LogP contribution in [0.2, 0.25) is 0 Å². The van der Waals surface area contributed by atoms with E-state index in [-0.39, 0.29) is 0 Å². The van der Waals surface area contributed by atoms with Crippen molar-refractivity contribution in [3.63, 3.8) is 0 Å². The zero-order valence-electron chi connectivity index (χ0n) is 10.7. The lowest BCUT2D eigenvalue weighted by Crippen LogP contribution is -2.37. The maximum atomic E-state index is 11.5. The van der Waals surface area contributed by atoms with Crippen molar-refractivity contribution in [2.75, 3.05) is 23.7 Å². The third-order valence-corrected chi connectivity index (χ3v) is 3.52. The van der Waals surface area contributed by atoms with Crippen molar-refractivity contribution in [1.29, 1.82) is 0 Å². The van der Waals surface area contributed by atoms with Crippen molar-refractivity contribution in [2.45, 2.75) is 20.8 Å². The average Bonchev–Trinajstić information content (AvgIpc) is 2.29. The molecule has 0 saturated carbocycles. The molecule has 0 N–H and O–H groups in total. The summed E-state index contributed by atoms with van der Waals surface area (Å²) in [5.41, 5.74) is 1.66. The molecule has 0 saturated heterocycles. The highest BCUT2D eigenvalue weighted by atomic mass is 32.2. The van der Waals surface area contributed by atoms with Gasteiger partial charge in [0.1, 0.15) is 12.4 Å². The summed E-state index contributed by atoms with van der Waals surface area (Å²) in [4.78, 5) is 0. The first-order chi connectivity index (χ1) is 7.98. The Labute approximate surface area is 103 Å². The number of ether oxygens (including phenoxy) is 1. The fourth-order valence-corrected chi connectivity index (χ4v) is 2.55. The van der Waals surface area contributed by atoms with Gasteiger partial charge in [-0.05, 0) is 24.6 Å². The summed E-state index contributed by atoms with van der Waals surface area (Å²) in [7, 11) is -3.20. The second-order valence-corrected chi connectivity index (χ2v) is 5.56. The van der Waals surface area contributed by atoms with Gasteiger partial charge < -0.3 is 4.74 Å². The molecule has 1 heterocycles. The minimum absolute atomic E-state index is 0.384. The van der Waals surface area contributed by atoms with Gasteiger partial charge in [-0.2, -0.15) is 0 Å². The second-order valence-electron chi connectivity index (χ2n) is 3.65. The third-order valence-electron chi connectivity index (χ3n) is 2.34. The van der Waals surface area contributed by atoms with Crippen LogP contribution < -0.4 is 9.04 Å². The Morgan fingerprint density at radius 3 is 2.53 bits per heavy atom. The summed E-state index contributed by atoms with van der Waals surface area (Å²) in [6.07, 6.45) is 1.21. The monoisotopic (exact) mass is 257 g/mol. The quantitative estimate of drug-likeness (QED) is 0.774. The Hall–Kier alpha value is -1.23. The van der Waals surface area contributed by atoms with Gasteiger partial charge in [-0.15, -0.1) is 0 Å². The van der Waals surface area contributed by atoms with Crippen LogP contribution in [0.1, 0.15) is 19.4 Å². The van der Waals surface area contributed by atoms with Crippen LogP contribution in [0, 0.1) is 6.92 Å². The van der Waals surface area contributed by atoms with Crippen molar-refractivity contribution in [3.8, 4) is 5.75 Å². The molecule has 1 aromatic rings. The molecule has 0 amide bonds. The molecule has 0 spiro atoms. The number of fused-ring (bicyclic) bond motifs is 1. The number of aryl methyl sites for hydroxylation is 1. The van der Waals surface area contributed by atoms with Gasteiger partial charge in [-0.1, -0.05) is 19.9 Å². The number of benzene rings is 1. The Bertz CT molecular complexity index is 483. The van der Waals surface area contributed by atoms with E-state index in [2.05, 4.69) is 0 Å². The second kappa shape index (κ2) is 5.40. The normalized spacial score (nSPS) is 14.2. The first-order valence-corrected chi connectivity index (χ1v) is 7.54. The molecule has 0 aliphatic carbocycles. The van der Waals surface area contributed by atoms with Crippen LogP contribution in [0.3, 0.4) is 0 Å². The maximum absolute atomic E-state index is 11.5. The maximum Gasteiger partial charge on any atom is 0.232 e. The molecule has 0 atom stereocenters.